The number of rotatable bonds is 6. The van der Waals surface area contributed by atoms with Crippen LogP contribution in [0.3, 0.4) is 0 Å². The van der Waals surface area contributed by atoms with E-state index in [1.165, 1.54) is 12.7 Å². The molecular weight excluding hydrogens is 412 g/mol. The van der Waals surface area contributed by atoms with E-state index in [2.05, 4.69) is 34.2 Å². The molecule has 5 nitrogen and oxygen atoms in total. The number of hydrogen-bond acceptors (Lipinski definition) is 5. The zero-order chi connectivity index (χ0) is 21.8. The Hall–Kier alpha value is -3.28. The van der Waals surface area contributed by atoms with Crippen molar-refractivity contribution in [1.82, 2.24) is 9.97 Å². The molecule has 4 aromatic rings. The minimum atomic E-state index is -0.485. The van der Waals surface area contributed by atoms with Gasteiger partial charge in [0, 0.05) is 18.4 Å². The number of ether oxygens (including phenoxy) is 1. The van der Waals surface area contributed by atoms with Crippen LogP contribution in [-0.4, -0.2) is 34.8 Å². The van der Waals surface area contributed by atoms with Crippen LogP contribution in [0.4, 0.5) is 0 Å². The maximum Gasteiger partial charge on any atom is 0.338 e. The zero-order valence-corrected chi connectivity index (χ0v) is 17.8. The number of methoxy groups -OCH3 is 1. The molecule has 31 heavy (non-hydrogen) atoms. The highest BCUT2D eigenvalue weighted by molar-refractivity contribution is 6.35. The van der Waals surface area contributed by atoms with Crippen molar-refractivity contribution in [3.8, 4) is 22.4 Å². The van der Waals surface area contributed by atoms with Gasteiger partial charge in [-0.2, -0.15) is 0 Å². The number of fused-ring (bicyclic) bond motifs is 1. The van der Waals surface area contributed by atoms with Gasteiger partial charge in [-0.3, -0.25) is 0 Å². The number of halogens is 1. The molecule has 4 rings (SSSR count). The number of nitrogens with zero attached hydrogens (tertiary/aromatic N) is 2. The SMILES string of the molecule is COC(=O)c1cc(-c2ccc(-c3ccc(CCCO)cc3)cc2)nc2ccnc(Cl)c12. The molecule has 0 saturated heterocycles. The zero-order valence-electron chi connectivity index (χ0n) is 17.0. The highest BCUT2D eigenvalue weighted by atomic mass is 35.5. The minimum absolute atomic E-state index is 0.201. The number of carbonyl (C=O) groups excluding carboxylic acids is 1. The molecule has 6 heteroatoms. The summed E-state index contributed by atoms with van der Waals surface area (Å²) in [7, 11) is 1.34. The molecule has 2 aromatic heterocycles. The monoisotopic (exact) mass is 432 g/mol. The smallest absolute Gasteiger partial charge is 0.338 e. The number of hydrogen-bond donors (Lipinski definition) is 1. The molecule has 2 aromatic carbocycles. The van der Waals surface area contributed by atoms with Crippen LogP contribution in [0.2, 0.25) is 5.15 Å². The maximum absolute atomic E-state index is 12.3. The lowest BCUT2D eigenvalue weighted by Crippen LogP contribution is -2.04. The summed E-state index contributed by atoms with van der Waals surface area (Å²) in [6, 6.07) is 19.8. The molecule has 156 valence electrons. The number of aliphatic hydroxyl groups is 1. The Kier molecular flexibility index (Phi) is 6.26. The van der Waals surface area contributed by atoms with Gasteiger partial charge in [0.1, 0.15) is 5.15 Å². The van der Waals surface area contributed by atoms with E-state index in [1.807, 2.05) is 24.3 Å². The van der Waals surface area contributed by atoms with Gasteiger partial charge < -0.3 is 9.84 Å². The molecule has 0 bridgehead atoms. The largest absolute Gasteiger partial charge is 0.465 e. The van der Waals surface area contributed by atoms with Crippen LogP contribution >= 0.6 is 11.6 Å². The van der Waals surface area contributed by atoms with Crippen molar-refractivity contribution in [3.05, 3.63) is 83.1 Å². The fourth-order valence-corrected chi connectivity index (χ4v) is 3.79. The Labute approximate surface area is 185 Å². The number of carbonyl (C=O) groups is 1. The van der Waals surface area contributed by atoms with Crippen LogP contribution < -0.4 is 0 Å². The number of esters is 1. The molecular formula is C25H21ClN2O3. The fraction of sp³-hybridized carbons (Fsp3) is 0.160. The number of pyridine rings is 2. The summed E-state index contributed by atoms with van der Waals surface area (Å²) in [5.74, 6) is -0.485. The summed E-state index contributed by atoms with van der Waals surface area (Å²) in [6.45, 7) is 0.201. The van der Waals surface area contributed by atoms with E-state index in [1.54, 1.807) is 18.3 Å². The first-order valence-corrected chi connectivity index (χ1v) is 10.3. The second-order valence-corrected chi connectivity index (χ2v) is 7.50. The van der Waals surface area contributed by atoms with Crippen LogP contribution in [0.25, 0.3) is 33.3 Å². The Morgan fingerprint density at radius 3 is 2.29 bits per heavy atom. The minimum Gasteiger partial charge on any atom is -0.465 e. The van der Waals surface area contributed by atoms with Gasteiger partial charge in [-0.25, -0.2) is 14.8 Å². The third-order valence-electron chi connectivity index (χ3n) is 5.17. The van der Waals surface area contributed by atoms with Crippen molar-refractivity contribution in [2.45, 2.75) is 12.8 Å². The molecule has 0 unspecified atom stereocenters. The van der Waals surface area contributed by atoms with Crippen molar-refractivity contribution >= 4 is 28.5 Å². The molecule has 0 aliphatic carbocycles. The molecule has 0 aliphatic heterocycles. The Morgan fingerprint density at radius 2 is 1.65 bits per heavy atom. The summed E-state index contributed by atoms with van der Waals surface area (Å²) in [6.07, 6.45) is 3.20. The van der Waals surface area contributed by atoms with Gasteiger partial charge in [-0.1, -0.05) is 60.1 Å². The van der Waals surface area contributed by atoms with Gasteiger partial charge in [0.2, 0.25) is 0 Å². The van der Waals surface area contributed by atoms with Gasteiger partial charge in [0.15, 0.2) is 0 Å². The first-order valence-electron chi connectivity index (χ1n) is 9.95. The quantitative estimate of drug-likeness (QED) is 0.329. The van der Waals surface area contributed by atoms with Crippen molar-refractivity contribution in [2.24, 2.45) is 0 Å². The van der Waals surface area contributed by atoms with Crippen LogP contribution in [0, 0.1) is 0 Å². The predicted molar refractivity (Wildman–Crippen MR) is 122 cm³/mol. The second-order valence-electron chi connectivity index (χ2n) is 7.14. The summed E-state index contributed by atoms with van der Waals surface area (Å²) in [5, 5.41) is 9.67. The first kappa shape index (κ1) is 21.0. The third-order valence-corrected chi connectivity index (χ3v) is 5.46. The van der Waals surface area contributed by atoms with E-state index in [9.17, 15) is 4.79 Å². The van der Waals surface area contributed by atoms with Crippen LogP contribution in [0.15, 0.2) is 66.9 Å². The highest BCUT2D eigenvalue weighted by Gasteiger charge is 2.17. The number of aryl methyl sites for hydroxylation is 1. The molecule has 2 heterocycles. The number of benzene rings is 2. The molecule has 0 spiro atoms. The summed E-state index contributed by atoms with van der Waals surface area (Å²) >= 11 is 6.22. The van der Waals surface area contributed by atoms with E-state index >= 15 is 0 Å². The summed E-state index contributed by atoms with van der Waals surface area (Å²) < 4.78 is 4.93. The molecule has 0 atom stereocenters. The predicted octanol–water partition coefficient (Wildman–Crippen LogP) is 5.33. The van der Waals surface area contributed by atoms with Crippen LogP contribution in [-0.2, 0) is 11.2 Å². The average molecular weight is 433 g/mol. The summed E-state index contributed by atoms with van der Waals surface area (Å²) in [4.78, 5) is 21.1. The fourth-order valence-electron chi connectivity index (χ4n) is 3.54. The summed E-state index contributed by atoms with van der Waals surface area (Å²) in [5.41, 5.74) is 5.85. The van der Waals surface area contributed by atoms with E-state index in [0.717, 1.165) is 29.5 Å². The van der Waals surface area contributed by atoms with Gasteiger partial charge in [-0.05, 0) is 41.7 Å². The van der Waals surface area contributed by atoms with Crippen molar-refractivity contribution < 1.29 is 14.6 Å². The second kappa shape index (κ2) is 9.25. The molecule has 0 radical (unpaired) electrons. The van der Waals surface area contributed by atoms with Gasteiger partial charge in [-0.15, -0.1) is 0 Å². The van der Waals surface area contributed by atoms with Gasteiger partial charge >= 0.3 is 5.97 Å². The van der Waals surface area contributed by atoms with E-state index in [0.29, 0.717) is 22.2 Å². The highest BCUT2D eigenvalue weighted by Crippen LogP contribution is 2.30. The Morgan fingerprint density at radius 1 is 1.00 bits per heavy atom. The van der Waals surface area contributed by atoms with E-state index < -0.39 is 5.97 Å². The lowest BCUT2D eigenvalue weighted by atomic mass is 9.99. The Balaban J connectivity index is 1.68. The number of aromatic nitrogens is 2. The van der Waals surface area contributed by atoms with Crippen molar-refractivity contribution in [2.75, 3.05) is 13.7 Å². The average Bonchev–Trinajstić information content (AvgIpc) is 2.82. The van der Waals surface area contributed by atoms with E-state index in [4.69, 9.17) is 21.4 Å². The lowest BCUT2D eigenvalue weighted by Gasteiger charge is -2.10. The Bertz CT molecular complexity index is 1220. The first-order chi connectivity index (χ1) is 15.1. The van der Waals surface area contributed by atoms with Crippen molar-refractivity contribution in [1.29, 1.82) is 0 Å². The van der Waals surface area contributed by atoms with E-state index in [-0.39, 0.29) is 11.8 Å². The van der Waals surface area contributed by atoms with Crippen molar-refractivity contribution in [3.63, 3.8) is 0 Å². The standard InChI is InChI=1S/C25H21ClN2O3/c1-31-25(30)20-15-22(28-21-12-13-27-24(26)23(20)21)19-10-8-18(9-11-19)17-6-4-16(5-7-17)3-2-14-29/h4-13,15,29H,2-3,14H2,1H3. The number of aliphatic hydroxyl groups excluding tert-OH is 1. The third kappa shape index (κ3) is 4.43. The lowest BCUT2D eigenvalue weighted by molar-refractivity contribution is 0.0603. The maximum atomic E-state index is 12.3. The van der Waals surface area contributed by atoms with Gasteiger partial charge in [0.25, 0.3) is 0 Å². The topological polar surface area (TPSA) is 72.3 Å². The van der Waals surface area contributed by atoms with Crippen LogP contribution in [0.5, 0.6) is 0 Å². The molecule has 0 aliphatic rings. The molecule has 1 N–H and O–H groups in total. The molecule has 0 amide bonds. The normalized spacial score (nSPS) is 10.9. The molecule has 0 fully saturated rings. The van der Waals surface area contributed by atoms with Gasteiger partial charge in [0.05, 0.1) is 29.3 Å². The van der Waals surface area contributed by atoms with Crippen LogP contribution in [0.1, 0.15) is 22.3 Å². The molecule has 0 saturated carbocycles.